The highest BCUT2D eigenvalue weighted by atomic mass is 32.2. The molecule has 0 fully saturated rings. The molecule has 1 aromatic heterocycles. The molecule has 2 rings (SSSR count). The van der Waals surface area contributed by atoms with Crippen LogP contribution in [0.4, 0.5) is 14.5 Å². The van der Waals surface area contributed by atoms with Gasteiger partial charge in [0, 0.05) is 10.9 Å². The summed E-state index contributed by atoms with van der Waals surface area (Å²) in [6.07, 6.45) is 0.724. The summed E-state index contributed by atoms with van der Waals surface area (Å²) in [5.74, 6) is -2.13. The molecule has 2 aromatic rings. The van der Waals surface area contributed by atoms with E-state index in [9.17, 15) is 17.2 Å². The predicted molar refractivity (Wildman–Crippen MR) is 79.1 cm³/mol. The summed E-state index contributed by atoms with van der Waals surface area (Å²) in [6.45, 7) is 0.747. The average Bonchev–Trinajstić information content (AvgIpc) is 2.90. The fraction of sp³-hybridized carbons (Fsp3) is 0.231. The van der Waals surface area contributed by atoms with Crippen LogP contribution in [0, 0.1) is 11.6 Å². The molecule has 1 aromatic carbocycles. The van der Waals surface area contributed by atoms with Gasteiger partial charge in [0.15, 0.2) is 11.6 Å². The van der Waals surface area contributed by atoms with Gasteiger partial charge in [0.2, 0.25) is 0 Å². The lowest BCUT2D eigenvalue weighted by Gasteiger charge is -2.06. The highest BCUT2D eigenvalue weighted by Crippen LogP contribution is 2.25. The summed E-state index contributed by atoms with van der Waals surface area (Å²) in [5, 5.41) is 2.98. The van der Waals surface area contributed by atoms with Crippen molar-refractivity contribution >= 4 is 27.0 Å². The molecule has 1 heterocycles. The fourth-order valence-electron chi connectivity index (χ4n) is 1.65. The lowest BCUT2D eigenvalue weighted by molar-refractivity contribution is 0.509. The normalized spacial score (nSPS) is 11.6. The number of nitrogens with one attached hydrogen (secondary N) is 2. The van der Waals surface area contributed by atoms with Gasteiger partial charge in [-0.25, -0.2) is 17.2 Å². The molecule has 0 aliphatic carbocycles. The Morgan fingerprint density at radius 2 is 1.90 bits per heavy atom. The quantitative estimate of drug-likeness (QED) is 0.855. The summed E-state index contributed by atoms with van der Waals surface area (Å²) < 4.78 is 52.6. The second-order valence-electron chi connectivity index (χ2n) is 4.31. The molecule has 2 N–H and O–H groups in total. The molecule has 0 saturated carbocycles. The van der Waals surface area contributed by atoms with E-state index < -0.39 is 21.7 Å². The SMILES string of the molecule is CNCCc1ccc(S(=O)(=O)Nc2ccc(F)c(F)c2)s1. The van der Waals surface area contributed by atoms with E-state index in [0.717, 1.165) is 41.3 Å². The van der Waals surface area contributed by atoms with E-state index >= 15 is 0 Å². The summed E-state index contributed by atoms with van der Waals surface area (Å²) >= 11 is 1.15. The Bertz CT molecular complexity index is 730. The van der Waals surface area contributed by atoms with E-state index in [2.05, 4.69) is 10.0 Å². The maximum Gasteiger partial charge on any atom is 0.271 e. The van der Waals surface area contributed by atoms with Crippen molar-refractivity contribution in [3.8, 4) is 0 Å². The van der Waals surface area contributed by atoms with Crippen LogP contribution in [0.15, 0.2) is 34.5 Å². The van der Waals surface area contributed by atoms with Crippen molar-refractivity contribution in [2.75, 3.05) is 18.3 Å². The molecule has 114 valence electrons. The minimum atomic E-state index is -3.79. The highest BCUT2D eigenvalue weighted by molar-refractivity contribution is 7.94. The maximum absolute atomic E-state index is 13.1. The van der Waals surface area contributed by atoms with Crippen molar-refractivity contribution in [3.05, 3.63) is 46.8 Å². The molecule has 0 radical (unpaired) electrons. The van der Waals surface area contributed by atoms with Gasteiger partial charge in [-0.15, -0.1) is 11.3 Å². The summed E-state index contributed by atoms with van der Waals surface area (Å²) in [6, 6.07) is 6.09. The molecule has 8 heteroatoms. The van der Waals surface area contributed by atoms with Gasteiger partial charge < -0.3 is 5.32 Å². The van der Waals surface area contributed by atoms with E-state index in [1.54, 1.807) is 6.07 Å². The van der Waals surface area contributed by atoms with Gasteiger partial charge in [-0.05, 0) is 44.3 Å². The first kappa shape index (κ1) is 15.9. The number of anilines is 1. The lowest BCUT2D eigenvalue weighted by Crippen LogP contribution is -2.11. The molecule has 0 aliphatic rings. The number of benzene rings is 1. The Hall–Kier alpha value is -1.51. The third kappa shape index (κ3) is 3.99. The van der Waals surface area contributed by atoms with Gasteiger partial charge in [0.1, 0.15) is 4.21 Å². The summed E-state index contributed by atoms with van der Waals surface area (Å²) in [7, 11) is -1.97. The minimum Gasteiger partial charge on any atom is -0.319 e. The summed E-state index contributed by atoms with van der Waals surface area (Å²) in [5.41, 5.74) is -0.0147. The van der Waals surface area contributed by atoms with Crippen molar-refractivity contribution in [1.82, 2.24) is 5.32 Å². The van der Waals surface area contributed by atoms with E-state index in [1.807, 2.05) is 7.05 Å². The van der Waals surface area contributed by atoms with E-state index in [0.29, 0.717) is 0 Å². The highest BCUT2D eigenvalue weighted by Gasteiger charge is 2.17. The average molecular weight is 332 g/mol. The first-order valence-corrected chi connectivity index (χ1v) is 8.43. The van der Waals surface area contributed by atoms with Crippen LogP contribution < -0.4 is 10.0 Å². The first-order chi connectivity index (χ1) is 9.92. The molecule has 0 spiro atoms. The van der Waals surface area contributed by atoms with Crippen LogP contribution in [-0.4, -0.2) is 22.0 Å². The largest absolute Gasteiger partial charge is 0.319 e. The second-order valence-corrected chi connectivity index (χ2v) is 7.39. The third-order valence-corrected chi connectivity index (χ3v) is 5.71. The third-order valence-electron chi connectivity index (χ3n) is 2.70. The molecule has 0 amide bonds. The molecular weight excluding hydrogens is 318 g/mol. The number of halogens is 2. The number of sulfonamides is 1. The Morgan fingerprint density at radius 1 is 1.14 bits per heavy atom. The van der Waals surface area contributed by atoms with E-state index in [4.69, 9.17) is 0 Å². The van der Waals surface area contributed by atoms with Crippen LogP contribution in [0.3, 0.4) is 0 Å². The minimum absolute atomic E-state index is 0.0147. The predicted octanol–water partition coefficient (Wildman–Crippen LogP) is 2.59. The number of hydrogen-bond acceptors (Lipinski definition) is 4. The topological polar surface area (TPSA) is 58.2 Å². The monoisotopic (exact) mass is 332 g/mol. The maximum atomic E-state index is 13.1. The van der Waals surface area contributed by atoms with Crippen molar-refractivity contribution in [2.45, 2.75) is 10.6 Å². The molecule has 0 saturated heterocycles. The Balaban J connectivity index is 2.17. The number of thiophene rings is 1. The van der Waals surface area contributed by atoms with Crippen LogP contribution >= 0.6 is 11.3 Å². The van der Waals surface area contributed by atoms with Crippen LogP contribution in [0.1, 0.15) is 4.88 Å². The standard InChI is InChI=1S/C13H14F2N2O2S2/c1-16-7-6-10-3-5-13(20-10)21(18,19)17-9-2-4-11(14)12(15)8-9/h2-5,8,16-17H,6-7H2,1H3. The molecule has 4 nitrogen and oxygen atoms in total. The molecule has 0 atom stereocenters. The zero-order valence-corrected chi connectivity index (χ0v) is 12.8. The molecule has 0 bridgehead atoms. The van der Waals surface area contributed by atoms with Gasteiger partial charge in [-0.2, -0.15) is 0 Å². The second kappa shape index (κ2) is 6.50. The summed E-state index contributed by atoms with van der Waals surface area (Å²) in [4.78, 5) is 0.926. The number of rotatable bonds is 6. The first-order valence-electron chi connectivity index (χ1n) is 6.13. The van der Waals surface area contributed by atoms with Gasteiger partial charge in [0.05, 0.1) is 5.69 Å². The number of likely N-dealkylation sites (N-methyl/N-ethyl adjacent to an activating group) is 1. The van der Waals surface area contributed by atoms with Crippen molar-refractivity contribution < 1.29 is 17.2 Å². The van der Waals surface area contributed by atoms with Crippen LogP contribution in [0.2, 0.25) is 0 Å². The van der Waals surface area contributed by atoms with E-state index in [1.165, 1.54) is 12.1 Å². The van der Waals surface area contributed by atoms with Gasteiger partial charge >= 0.3 is 0 Å². The Kier molecular flexibility index (Phi) is 4.92. The van der Waals surface area contributed by atoms with E-state index in [-0.39, 0.29) is 9.90 Å². The van der Waals surface area contributed by atoms with Crippen molar-refractivity contribution in [3.63, 3.8) is 0 Å². The van der Waals surface area contributed by atoms with Crippen molar-refractivity contribution in [1.29, 1.82) is 0 Å². The van der Waals surface area contributed by atoms with Crippen LogP contribution in [-0.2, 0) is 16.4 Å². The fourth-order valence-corrected chi connectivity index (χ4v) is 4.05. The smallest absolute Gasteiger partial charge is 0.271 e. The van der Waals surface area contributed by atoms with Gasteiger partial charge in [0.25, 0.3) is 10.0 Å². The number of hydrogen-bond donors (Lipinski definition) is 2. The molecule has 0 unspecified atom stereocenters. The zero-order valence-electron chi connectivity index (χ0n) is 11.2. The Morgan fingerprint density at radius 3 is 2.57 bits per heavy atom. The molecule has 21 heavy (non-hydrogen) atoms. The van der Waals surface area contributed by atoms with Gasteiger partial charge in [-0.1, -0.05) is 0 Å². The molecular formula is C13H14F2N2O2S2. The molecule has 0 aliphatic heterocycles. The Labute approximate surface area is 125 Å². The lowest BCUT2D eigenvalue weighted by atomic mass is 10.3. The zero-order chi connectivity index (χ0) is 15.5. The van der Waals surface area contributed by atoms with Crippen LogP contribution in [0.5, 0.6) is 0 Å². The van der Waals surface area contributed by atoms with Crippen LogP contribution in [0.25, 0.3) is 0 Å². The van der Waals surface area contributed by atoms with Gasteiger partial charge in [-0.3, -0.25) is 4.72 Å². The van der Waals surface area contributed by atoms with Crippen molar-refractivity contribution in [2.24, 2.45) is 0 Å².